The van der Waals surface area contributed by atoms with Crippen LogP contribution in [-0.2, 0) is 4.74 Å². The summed E-state index contributed by atoms with van der Waals surface area (Å²) in [5, 5.41) is 0. The lowest BCUT2D eigenvalue weighted by Crippen LogP contribution is -2.07. The Morgan fingerprint density at radius 2 is 2.00 bits per heavy atom. The van der Waals surface area contributed by atoms with Gasteiger partial charge in [-0.3, -0.25) is 9.97 Å². The van der Waals surface area contributed by atoms with E-state index in [-0.39, 0.29) is 5.97 Å². The maximum absolute atomic E-state index is 11.8. The molecule has 0 amide bonds. The highest BCUT2D eigenvalue weighted by Crippen LogP contribution is 2.20. The third-order valence-electron chi connectivity index (χ3n) is 2.26. The molecule has 0 aliphatic heterocycles. The highest BCUT2D eigenvalue weighted by atomic mass is 16.5. The molecule has 0 bridgehead atoms. The maximum Gasteiger partial charge on any atom is 0.340 e. The SMILES string of the molecule is CCOC(=O)c1cccnc1-c1ccncc1. The third-order valence-corrected chi connectivity index (χ3v) is 2.26. The lowest BCUT2D eigenvalue weighted by Gasteiger charge is -2.07. The molecule has 86 valence electrons. The summed E-state index contributed by atoms with van der Waals surface area (Å²) in [6, 6.07) is 7.05. The molecule has 0 spiro atoms. The van der Waals surface area contributed by atoms with Gasteiger partial charge in [0.2, 0.25) is 0 Å². The summed E-state index contributed by atoms with van der Waals surface area (Å²) in [4.78, 5) is 19.9. The molecule has 4 heteroatoms. The third kappa shape index (κ3) is 2.47. The molecule has 0 atom stereocenters. The highest BCUT2D eigenvalue weighted by molar-refractivity contribution is 5.95. The van der Waals surface area contributed by atoms with Crippen molar-refractivity contribution in [3.63, 3.8) is 0 Å². The van der Waals surface area contributed by atoms with Crippen molar-refractivity contribution in [2.45, 2.75) is 6.92 Å². The quantitative estimate of drug-likeness (QED) is 0.756. The van der Waals surface area contributed by atoms with Crippen LogP contribution >= 0.6 is 0 Å². The molecule has 17 heavy (non-hydrogen) atoms. The number of pyridine rings is 2. The number of hydrogen-bond acceptors (Lipinski definition) is 4. The van der Waals surface area contributed by atoms with E-state index in [1.54, 1.807) is 37.6 Å². The normalized spacial score (nSPS) is 9.94. The van der Waals surface area contributed by atoms with Crippen LogP contribution in [0, 0.1) is 0 Å². The molecule has 0 aliphatic rings. The average Bonchev–Trinajstić information content (AvgIpc) is 2.40. The Bertz CT molecular complexity index is 512. The second kappa shape index (κ2) is 5.21. The van der Waals surface area contributed by atoms with Gasteiger partial charge in [0.15, 0.2) is 0 Å². The molecule has 4 nitrogen and oxygen atoms in total. The van der Waals surface area contributed by atoms with Crippen molar-refractivity contribution >= 4 is 5.97 Å². The van der Waals surface area contributed by atoms with E-state index in [9.17, 15) is 4.79 Å². The molecule has 0 N–H and O–H groups in total. The van der Waals surface area contributed by atoms with Crippen molar-refractivity contribution in [2.75, 3.05) is 6.61 Å². The Kier molecular flexibility index (Phi) is 3.45. The van der Waals surface area contributed by atoms with E-state index in [0.29, 0.717) is 17.9 Å². The summed E-state index contributed by atoms with van der Waals surface area (Å²) in [5.74, 6) is -0.354. The Morgan fingerprint density at radius 3 is 2.71 bits per heavy atom. The minimum Gasteiger partial charge on any atom is -0.462 e. The first-order valence-electron chi connectivity index (χ1n) is 5.35. The molecule has 0 unspecified atom stereocenters. The molecule has 0 saturated carbocycles. The minimum absolute atomic E-state index is 0.351. The van der Waals surface area contributed by atoms with Crippen molar-refractivity contribution in [2.24, 2.45) is 0 Å². The molecule has 0 aliphatic carbocycles. The van der Waals surface area contributed by atoms with Gasteiger partial charge in [-0.25, -0.2) is 4.79 Å². The van der Waals surface area contributed by atoms with Crippen LogP contribution in [-0.4, -0.2) is 22.5 Å². The summed E-state index contributed by atoms with van der Waals surface area (Å²) in [6.45, 7) is 2.13. The van der Waals surface area contributed by atoms with Gasteiger partial charge >= 0.3 is 5.97 Å². The zero-order valence-corrected chi connectivity index (χ0v) is 9.46. The lowest BCUT2D eigenvalue weighted by atomic mass is 10.1. The van der Waals surface area contributed by atoms with Crippen LogP contribution in [0.2, 0.25) is 0 Å². The van der Waals surface area contributed by atoms with Gasteiger partial charge in [-0.2, -0.15) is 0 Å². The van der Waals surface area contributed by atoms with Crippen molar-refractivity contribution in [3.05, 3.63) is 48.4 Å². The number of carbonyl (C=O) groups is 1. The first kappa shape index (κ1) is 11.3. The first-order valence-corrected chi connectivity index (χ1v) is 5.35. The second-order valence-corrected chi connectivity index (χ2v) is 3.36. The van der Waals surface area contributed by atoms with Gasteiger partial charge in [0, 0.05) is 24.2 Å². The molecular weight excluding hydrogens is 216 g/mol. The van der Waals surface area contributed by atoms with Gasteiger partial charge in [-0.1, -0.05) is 0 Å². The highest BCUT2D eigenvalue weighted by Gasteiger charge is 2.14. The van der Waals surface area contributed by atoms with Gasteiger partial charge in [0.25, 0.3) is 0 Å². The van der Waals surface area contributed by atoms with Crippen LogP contribution in [0.1, 0.15) is 17.3 Å². The van der Waals surface area contributed by atoms with Gasteiger partial charge in [-0.05, 0) is 31.2 Å². The van der Waals surface area contributed by atoms with Crippen LogP contribution < -0.4 is 0 Å². The van der Waals surface area contributed by atoms with Gasteiger partial charge in [0.05, 0.1) is 17.9 Å². The van der Waals surface area contributed by atoms with E-state index < -0.39 is 0 Å². The molecule has 0 saturated heterocycles. The van der Waals surface area contributed by atoms with Crippen LogP contribution in [0.4, 0.5) is 0 Å². The van der Waals surface area contributed by atoms with E-state index in [1.165, 1.54) is 0 Å². The monoisotopic (exact) mass is 228 g/mol. The van der Waals surface area contributed by atoms with Gasteiger partial charge in [0.1, 0.15) is 0 Å². The van der Waals surface area contributed by atoms with Crippen molar-refractivity contribution in [1.29, 1.82) is 0 Å². The van der Waals surface area contributed by atoms with E-state index in [4.69, 9.17) is 4.74 Å². The molecule has 2 rings (SSSR count). The molecule has 2 heterocycles. The van der Waals surface area contributed by atoms with Crippen LogP contribution in [0.25, 0.3) is 11.3 Å². The largest absolute Gasteiger partial charge is 0.462 e. The zero-order chi connectivity index (χ0) is 12.1. The fourth-order valence-corrected chi connectivity index (χ4v) is 1.52. The molecule has 0 aromatic carbocycles. The molecule has 2 aromatic rings. The maximum atomic E-state index is 11.8. The van der Waals surface area contributed by atoms with E-state index in [1.807, 2.05) is 12.1 Å². The Labute approximate surface area is 99.3 Å². The summed E-state index contributed by atoms with van der Waals surface area (Å²) < 4.78 is 5.00. The summed E-state index contributed by atoms with van der Waals surface area (Å²) >= 11 is 0. The second-order valence-electron chi connectivity index (χ2n) is 3.36. The number of carbonyl (C=O) groups excluding carboxylic acids is 1. The zero-order valence-electron chi connectivity index (χ0n) is 9.46. The number of hydrogen-bond donors (Lipinski definition) is 0. The van der Waals surface area contributed by atoms with E-state index >= 15 is 0 Å². The predicted octanol–water partition coefficient (Wildman–Crippen LogP) is 2.32. The summed E-state index contributed by atoms with van der Waals surface area (Å²) in [6.07, 6.45) is 4.98. The number of esters is 1. The van der Waals surface area contributed by atoms with E-state index in [0.717, 1.165) is 5.56 Å². The van der Waals surface area contributed by atoms with Crippen LogP contribution in [0.3, 0.4) is 0 Å². The Hall–Kier alpha value is -2.23. The fourth-order valence-electron chi connectivity index (χ4n) is 1.52. The number of nitrogens with zero attached hydrogens (tertiary/aromatic N) is 2. The van der Waals surface area contributed by atoms with Gasteiger partial charge in [-0.15, -0.1) is 0 Å². The van der Waals surface area contributed by atoms with Crippen molar-refractivity contribution in [1.82, 2.24) is 9.97 Å². The van der Waals surface area contributed by atoms with Crippen LogP contribution in [0.5, 0.6) is 0 Å². The van der Waals surface area contributed by atoms with Crippen molar-refractivity contribution < 1.29 is 9.53 Å². The summed E-state index contributed by atoms with van der Waals surface area (Å²) in [7, 11) is 0. The fraction of sp³-hybridized carbons (Fsp3) is 0.154. The lowest BCUT2D eigenvalue weighted by molar-refractivity contribution is 0.0527. The van der Waals surface area contributed by atoms with E-state index in [2.05, 4.69) is 9.97 Å². The average molecular weight is 228 g/mol. The molecule has 0 fully saturated rings. The molecule has 2 aromatic heterocycles. The standard InChI is InChI=1S/C13H12N2O2/c1-2-17-13(16)11-4-3-7-15-12(11)10-5-8-14-9-6-10/h3-9H,2H2,1H3. The molecule has 0 radical (unpaired) electrons. The molecular formula is C13H12N2O2. The summed E-state index contributed by atoms with van der Waals surface area (Å²) in [5.41, 5.74) is 1.94. The number of ether oxygens (including phenoxy) is 1. The Balaban J connectivity index is 2.45. The number of aromatic nitrogens is 2. The van der Waals surface area contributed by atoms with Crippen molar-refractivity contribution in [3.8, 4) is 11.3 Å². The first-order chi connectivity index (χ1) is 8.33. The topological polar surface area (TPSA) is 52.1 Å². The van der Waals surface area contributed by atoms with Crippen LogP contribution in [0.15, 0.2) is 42.9 Å². The Morgan fingerprint density at radius 1 is 1.24 bits per heavy atom. The number of rotatable bonds is 3. The minimum atomic E-state index is -0.354. The predicted molar refractivity (Wildman–Crippen MR) is 63.4 cm³/mol. The van der Waals surface area contributed by atoms with Gasteiger partial charge < -0.3 is 4.74 Å². The smallest absolute Gasteiger partial charge is 0.340 e.